The SMILES string of the molecule is COC(=O)c1cc(NC(=O)c2cccc(-c3cc(C(=O)Nc4ccncc4F)ccc3CN)c2)ccc1C. The maximum absolute atomic E-state index is 13.9. The largest absolute Gasteiger partial charge is 0.465 e. The van der Waals surface area contributed by atoms with Crippen molar-refractivity contribution in [3.63, 3.8) is 0 Å². The van der Waals surface area contributed by atoms with Crippen molar-refractivity contribution in [2.45, 2.75) is 13.5 Å². The summed E-state index contributed by atoms with van der Waals surface area (Å²) in [5.74, 6) is -2.03. The number of carbonyl (C=O) groups excluding carboxylic acids is 3. The lowest BCUT2D eigenvalue weighted by Gasteiger charge is -2.13. The maximum atomic E-state index is 13.9. The number of rotatable bonds is 7. The summed E-state index contributed by atoms with van der Waals surface area (Å²) < 4.78 is 18.8. The van der Waals surface area contributed by atoms with Crippen molar-refractivity contribution in [3.05, 3.63) is 113 Å². The molecule has 0 spiro atoms. The third-order valence-corrected chi connectivity index (χ3v) is 5.95. The Bertz CT molecular complexity index is 1540. The molecule has 192 valence electrons. The Morgan fingerprint density at radius 3 is 2.45 bits per heavy atom. The van der Waals surface area contributed by atoms with E-state index in [1.54, 1.807) is 67.6 Å². The van der Waals surface area contributed by atoms with Gasteiger partial charge in [-0.3, -0.25) is 14.6 Å². The van der Waals surface area contributed by atoms with E-state index < -0.39 is 17.7 Å². The number of methoxy groups -OCH3 is 1. The molecule has 0 bridgehead atoms. The average Bonchev–Trinajstić information content (AvgIpc) is 2.94. The molecule has 8 nitrogen and oxygen atoms in total. The number of hydrogen-bond donors (Lipinski definition) is 3. The number of carbonyl (C=O) groups is 3. The van der Waals surface area contributed by atoms with Crippen molar-refractivity contribution >= 4 is 29.2 Å². The van der Waals surface area contributed by atoms with Crippen LogP contribution in [0.3, 0.4) is 0 Å². The first kappa shape index (κ1) is 26.2. The minimum atomic E-state index is -0.648. The van der Waals surface area contributed by atoms with Crippen LogP contribution in [0.25, 0.3) is 11.1 Å². The molecule has 0 saturated carbocycles. The smallest absolute Gasteiger partial charge is 0.338 e. The van der Waals surface area contributed by atoms with Crippen LogP contribution in [0.15, 0.2) is 79.1 Å². The van der Waals surface area contributed by atoms with Gasteiger partial charge in [0.05, 0.1) is 24.6 Å². The van der Waals surface area contributed by atoms with Crippen LogP contribution in [-0.2, 0) is 11.3 Å². The molecule has 0 radical (unpaired) electrons. The molecule has 4 N–H and O–H groups in total. The van der Waals surface area contributed by atoms with Gasteiger partial charge in [0.1, 0.15) is 0 Å². The van der Waals surface area contributed by atoms with Gasteiger partial charge in [-0.2, -0.15) is 0 Å². The van der Waals surface area contributed by atoms with Gasteiger partial charge < -0.3 is 21.1 Å². The van der Waals surface area contributed by atoms with Crippen LogP contribution in [0.2, 0.25) is 0 Å². The Labute approximate surface area is 218 Å². The zero-order chi connectivity index (χ0) is 27.2. The van der Waals surface area contributed by atoms with E-state index in [4.69, 9.17) is 10.5 Å². The molecule has 0 fully saturated rings. The van der Waals surface area contributed by atoms with Crippen LogP contribution in [-0.4, -0.2) is 29.9 Å². The van der Waals surface area contributed by atoms with Gasteiger partial charge in [-0.1, -0.05) is 24.3 Å². The minimum Gasteiger partial charge on any atom is -0.465 e. The molecule has 0 atom stereocenters. The number of pyridine rings is 1. The Hall–Kier alpha value is -4.89. The molecule has 2 amide bonds. The molecule has 38 heavy (non-hydrogen) atoms. The topological polar surface area (TPSA) is 123 Å². The molecule has 4 rings (SSSR count). The predicted molar refractivity (Wildman–Crippen MR) is 142 cm³/mol. The van der Waals surface area contributed by atoms with Crippen LogP contribution in [0.4, 0.5) is 15.8 Å². The molecule has 1 aromatic heterocycles. The lowest BCUT2D eigenvalue weighted by molar-refractivity contribution is 0.0599. The fraction of sp³-hybridized carbons (Fsp3) is 0.103. The van der Waals surface area contributed by atoms with Crippen LogP contribution >= 0.6 is 0 Å². The van der Waals surface area contributed by atoms with E-state index in [0.29, 0.717) is 33.5 Å². The van der Waals surface area contributed by atoms with Gasteiger partial charge in [-0.15, -0.1) is 0 Å². The first-order valence-electron chi connectivity index (χ1n) is 11.7. The summed E-state index contributed by atoms with van der Waals surface area (Å²) in [6.45, 7) is 1.98. The second-order valence-electron chi connectivity index (χ2n) is 8.44. The fourth-order valence-corrected chi connectivity index (χ4v) is 3.90. The van der Waals surface area contributed by atoms with E-state index in [-0.39, 0.29) is 18.1 Å². The highest BCUT2D eigenvalue weighted by Gasteiger charge is 2.16. The second-order valence-corrected chi connectivity index (χ2v) is 8.44. The summed E-state index contributed by atoms with van der Waals surface area (Å²) in [4.78, 5) is 41.5. The molecule has 1 heterocycles. The van der Waals surface area contributed by atoms with E-state index in [9.17, 15) is 18.8 Å². The number of anilines is 2. The molecule has 0 unspecified atom stereocenters. The van der Waals surface area contributed by atoms with E-state index in [0.717, 1.165) is 17.3 Å². The van der Waals surface area contributed by atoms with Crippen LogP contribution in [0, 0.1) is 12.7 Å². The summed E-state index contributed by atoms with van der Waals surface area (Å²) in [7, 11) is 1.30. The number of halogens is 1. The van der Waals surface area contributed by atoms with Crippen molar-refractivity contribution in [2.24, 2.45) is 5.73 Å². The van der Waals surface area contributed by atoms with Gasteiger partial charge in [0.15, 0.2) is 5.82 Å². The highest BCUT2D eigenvalue weighted by molar-refractivity contribution is 6.07. The fourth-order valence-electron chi connectivity index (χ4n) is 3.90. The quantitative estimate of drug-likeness (QED) is 0.301. The third kappa shape index (κ3) is 5.74. The maximum Gasteiger partial charge on any atom is 0.338 e. The number of nitrogens with zero attached hydrogens (tertiary/aromatic N) is 1. The predicted octanol–water partition coefficient (Wildman–Crippen LogP) is 4.95. The number of aromatic nitrogens is 1. The zero-order valence-corrected chi connectivity index (χ0v) is 20.7. The number of benzene rings is 3. The van der Waals surface area contributed by atoms with E-state index in [2.05, 4.69) is 15.6 Å². The number of hydrogen-bond acceptors (Lipinski definition) is 6. The standard InChI is InChI=1S/C29H25FN4O4/c1-17-6-9-22(14-23(17)29(37)38-2)33-27(35)19-5-3-4-18(12-19)24-13-20(7-8-21(24)15-31)28(36)34-26-10-11-32-16-25(26)30/h3-14,16H,15,31H2,1-2H3,(H,33,35)(H,32,34,36). The highest BCUT2D eigenvalue weighted by atomic mass is 19.1. The molecule has 0 saturated heterocycles. The van der Waals surface area contributed by atoms with Gasteiger partial charge in [-0.05, 0) is 71.6 Å². The molecular weight excluding hydrogens is 487 g/mol. The number of nitrogens with one attached hydrogen (secondary N) is 2. The molecule has 3 aromatic carbocycles. The van der Waals surface area contributed by atoms with E-state index in [1.807, 2.05) is 0 Å². The van der Waals surface area contributed by atoms with Crippen molar-refractivity contribution in [1.29, 1.82) is 0 Å². The van der Waals surface area contributed by atoms with E-state index in [1.165, 1.54) is 19.4 Å². The summed E-state index contributed by atoms with van der Waals surface area (Å²) >= 11 is 0. The number of ether oxygens (including phenoxy) is 1. The van der Waals surface area contributed by atoms with Crippen molar-refractivity contribution in [3.8, 4) is 11.1 Å². The van der Waals surface area contributed by atoms with Crippen molar-refractivity contribution in [1.82, 2.24) is 4.98 Å². The summed E-state index contributed by atoms with van der Waals surface area (Å²) in [6, 6.07) is 18.2. The van der Waals surface area contributed by atoms with Gasteiger partial charge in [0.2, 0.25) is 0 Å². The molecule has 0 aliphatic heterocycles. The number of esters is 1. The Morgan fingerprint density at radius 1 is 0.947 bits per heavy atom. The second kappa shape index (κ2) is 11.4. The van der Waals surface area contributed by atoms with Gasteiger partial charge >= 0.3 is 5.97 Å². The van der Waals surface area contributed by atoms with Crippen molar-refractivity contribution < 1.29 is 23.5 Å². The monoisotopic (exact) mass is 512 g/mol. The summed E-state index contributed by atoms with van der Waals surface area (Å²) in [5.41, 5.74) is 10.2. The minimum absolute atomic E-state index is 0.0135. The van der Waals surface area contributed by atoms with Crippen LogP contribution in [0.1, 0.15) is 42.2 Å². The van der Waals surface area contributed by atoms with Gasteiger partial charge in [0.25, 0.3) is 11.8 Å². The summed E-state index contributed by atoms with van der Waals surface area (Å²) in [6.07, 6.45) is 2.40. The number of nitrogens with two attached hydrogens (primary N) is 1. The van der Waals surface area contributed by atoms with Crippen molar-refractivity contribution in [2.75, 3.05) is 17.7 Å². The molecule has 0 aliphatic rings. The van der Waals surface area contributed by atoms with Crippen LogP contribution in [0.5, 0.6) is 0 Å². The number of aryl methyl sites for hydroxylation is 1. The van der Waals surface area contributed by atoms with Gasteiger partial charge in [-0.25, -0.2) is 9.18 Å². The van der Waals surface area contributed by atoms with E-state index >= 15 is 0 Å². The molecular formula is C29H25FN4O4. The van der Waals surface area contributed by atoms with Gasteiger partial charge in [0, 0.05) is 29.6 Å². The number of amides is 2. The molecule has 4 aromatic rings. The lowest BCUT2D eigenvalue weighted by Crippen LogP contribution is -2.14. The molecule has 9 heteroatoms. The zero-order valence-electron chi connectivity index (χ0n) is 20.7. The average molecular weight is 513 g/mol. The third-order valence-electron chi connectivity index (χ3n) is 5.95. The van der Waals surface area contributed by atoms with Crippen LogP contribution < -0.4 is 16.4 Å². The first-order chi connectivity index (χ1) is 18.3. The normalized spacial score (nSPS) is 10.5. The Kier molecular flexibility index (Phi) is 7.88. The highest BCUT2D eigenvalue weighted by Crippen LogP contribution is 2.27. The first-order valence-corrected chi connectivity index (χ1v) is 11.7. The Morgan fingerprint density at radius 2 is 1.71 bits per heavy atom. The Balaban J connectivity index is 1.61. The lowest BCUT2D eigenvalue weighted by atomic mass is 9.95. The molecule has 0 aliphatic carbocycles. The summed E-state index contributed by atoms with van der Waals surface area (Å²) in [5, 5.41) is 5.34.